The molecule has 0 N–H and O–H groups in total. The first-order valence-corrected chi connectivity index (χ1v) is 12.3. The Balaban J connectivity index is 1.50. The topological polar surface area (TPSA) is 51.9 Å². The number of nitrogens with zero attached hydrogens (tertiary/aromatic N) is 1. The zero-order valence-corrected chi connectivity index (χ0v) is 20.3. The van der Waals surface area contributed by atoms with Gasteiger partial charge in [0.15, 0.2) is 0 Å². The standard InChI is InChI=1S/C29H33NO4/c1-19(14-29(31)30-13-7-10-20-8-4-5-12-26(20)30)23-16-24-25(18-34-28(24)17-27(23)33-3)21-9-6-11-22(15-21)32-2/h6,9,11,14-18,20,26H,4-5,7-8,10,12-13H2,1-3H3/b19-14+. The van der Waals surface area contributed by atoms with E-state index in [1.165, 1.54) is 25.7 Å². The van der Waals surface area contributed by atoms with Crippen molar-refractivity contribution in [3.8, 4) is 22.6 Å². The maximum atomic E-state index is 13.4. The van der Waals surface area contributed by atoms with E-state index >= 15 is 0 Å². The number of allylic oxidation sites excluding steroid dienone is 1. The molecule has 2 fully saturated rings. The maximum Gasteiger partial charge on any atom is 0.247 e. The summed E-state index contributed by atoms with van der Waals surface area (Å²) >= 11 is 0. The second-order valence-electron chi connectivity index (χ2n) is 9.54. The number of fused-ring (bicyclic) bond motifs is 2. The maximum absolute atomic E-state index is 13.4. The smallest absolute Gasteiger partial charge is 0.247 e. The molecule has 1 amide bonds. The monoisotopic (exact) mass is 459 g/mol. The lowest BCUT2D eigenvalue weighted by molar-refractivity contribution is -0.132. The number of furan rings is 1. The second-order valence-corrected chi connectivity index (χ2v) is 9.54. The van der Waals surface area contributed by atoms with Crippen LogP contribution in [0.4, 0.5) is 0 Å². The van der Waals surface area contributed by atoms with Gasteiger partial charge in [0.05, 0.1) is 20.5 Å². The van der Waals surface area contributed by atoms with Crippen LogP contribution in [0, 0.1) is 5.92 Å². The quantitative estimate of drug-likeness (QED) is 0.398. The minimum Gasteiger partial charge on any atom is -0.497 e. The number of ether oxygens (including phenoxy) is 2. The van der Waals surface area contributed by atoms with E-state index in [0.29, 0.717) is 17.7 Å². The average molecular weight is 460 g/mol. The Morgan fingerprint density at radius 2 is 1.88 bits per heavy atom. The Kier molecular flexibility index (Phi) is 6.36. The lowest BCUT2D eigenvalue weighted by Crippen LogP contribution is -2.49. The third-order valence-electron chi connectivity index (χ3n) is 7.57. The first-order valence-electron chi connectivity index (χ1n) is 12.3. The molecule has 1 aliphatic carbocycles. The van der Waals surface area contributed by atoms with Crippen LogP contribution in [0.15, 0.2) is 53.2 Å². The van der Waals surface area contributed by atoms with Gasteiger partial charge in [0.2, 0.25) is 5.91 Å². The van der Waals surface area contributed by atoms with Crippen molar-refractivity contribution in [3.05, 3.63) is 54.3 Å². The second kappa shape index (κ2) is 9.57. The van der Waals surface area contributed by atoms with Gasteiger partial charge >= 0.3 is 0 Å². The van der Waals surface area contributed by atoms with Gasteiger partial charge < -0.3 is 18.8 Å². The van der Waals surface area contributed by atoms with Crippen LogP contribution in [0.5, 0.6) is 11.5 Å². The van der Waals surface area contributed by atoms with Crippen molar-refractivity contribution in [2.24, 2.45) is 5.92 Å². The fraction of sp³-hybridized carbons (Fsp3) is 0.414. The Morgan fingerprint density at radius 1 is 1.06 bits per heavy atom. The fourth-order valence-corrected chi connectivity index (χ4v) is 5.79. The van der Waals surface area contributed by atoms with Crippen molar-refractivity contribution >= 4 is 22.4 Å². The largest absolute Gasteiger partial charge is 0.497 e. The molecule has 2 aromatic carbocycles. The molecule has 0 spiro atoms. The van der Waals surface area contributed by atoms with Gasteiger partial charge in [-0.2, -0.15) is 0 Å². The average Bonchev–Trinajstić information content (AvgIpc) is 3.30. The molecule has 1 aromatic heterocycles. The van der Waals surface area contributed by atoms with Crippen molar-refractivity contribution in [1.29, 1.82) is 0 Å². The van der Waals surface area contributed by atoms with Crippen LogP contribution >= 0.6 is 0 Å². The van der Waals surface area contributed by atoms with Crippen LogP contribution in [0.3, 0.4) is 0 Å². The van der Waals surface area contributed by atoms with E-state index < -0.39 is 0 Å². The number of rotatable bonds is 5. The van der Waals surface area contributed by atoms with Crippen LogP contribution in [-0.2, 0) is 4.79 Å². The number of hydrogen-bond acceptors (Lipinski definition) is 4. The number of carbonyl (C=O) groups is 1. The van der Waals surface area contributed by atoms with Gasteiger partial charge in [-0.1, -0.05) is 25.0 Å². The number of methoxy groups -OCH3 is 2. The Bertz CT molecular complexity index is 1220. The summed E-state index contributed by atoms with van der Waals surface area (Å²) in [6.07, 6.45) is 10.9. The van der Waals surface area contributed by atoms with Gasteiger partial charge in [0.25, 0.3) is 0 Å². The molecule has 5 heteroatoms. The van der Waals surface area contributed by atoms with Crippen LogP contribution in [0.2, 0.25) is 0 Å². The predicted octanol–water partition coefficient (Wildman–Crippen LogP) is 6.70. The van der Waals surface area contributed by atoms with Crippen molar-refractivity contribution in [2.75, 3.05) is 20.8 Å². The molecule has 0 radical (unpaired) electrons. The van der Waals surface area contributed by atoms with Gasteiger partial charge in [-0.05, 0) is 67.9 Å². The number of amides is 1. The molecule has 5 rings (SSSR count). The summed E-state index contributed by atoms with van der Waals surface area (Å²) in [5.41, 5.74) is 4.56. The third kappa shape index (κ3) is 4.20. The molecule has 1 saturated carbocycles. The number of likely N-dealkylation sites (tertiary alicyclic amines) is 1. The van der Waals surface area contributed by atoms with E-state index in [1.807, 2.05) is 37.3 Å². The minimum atomic E-state index is 0.122. The Morgan fingerprint density at radius 3 is 2.71 bits per heavy atom. The lowest BCUT2D eigenvalue weighted by atomic mass is 9.78. The Labute approximate surface area is 201 Å². The van der Waals surface area contributed by atoms with Gasteiger partial charge in [0, 0.05) is 41.2 Å². The van der Waals surface area contributed by atoms with Crippen LogP contribution in [0.25, 0.3) is 27.7 Å². The first kappa shape index (κ1) is 22.6. The lowest BCUT2D eigenvalue weighted by Gasteiger charge is -2.43. The SMILES string of the molecule is COc1cccc(-c2coc3cc(OC)c(/C(C)=C/C(=O)N4CCCC5CCCCC54)cc23)c1. The van der Waals surface area contributed by atoms with E-state index in [4.69, 9.17) is 13.9 Å². The molecule has 178 valence electrons. The zero-order chi connectivity index (χ0) is 23.7. The summed E-state index contributed by atoms with van der Waals surface area (Å²) in [5.74, 6) is 2.29. The van der Waals surface area contributed by atoms with Crippen molar-refractivity contribution in [1.82, 2.24) is 4.90 Å². The summed E-state index contributed by atoms with van der Waals surface area (Å²) in [7, 11) is 3.32. The fourth-order valence-electron chi connectivity index (χ4n) is 5.79. The van der Waals surface area contributed by atoms with Gasteiger partial charge in [-0.3, -0.25) is 4.79 Å². The predicted molar refractivity (Wildman–Crippen MR) is 135 cm³/mol. The third-order valence-corrected chi connectivity index (χ3v) is 7.57. The van der Waals surface area contributed by atoms with E-state index in [2.05, 4.69) is 11.0 Å². The molecule has 1 saturated heterocycles. The van der Waals surface area contributed by atoms with Crippen molar-refractivity contribution < 1.29 is 18.7 Å². The van der Waals surface area contributed by atoms with Crippen LogP contribution in [-0.4, -0.2) is 37.6 Å². The summed E-state index contributed by atoms with van der Waals surface area (Å²) < 4.78 is 17.0. The van der Waals surface area contributed by atoms with Gasteiger partial charge in [0.1, 0.15) is 17.1 Å². The van der Waals surface area contributed by atoms with E-state index in [-0.39, 0.29) is 5.91 Å². The van der Waals surface area contributed by atoms with Gasteiger partial charge in [-0.25, -0.2) is 0 Å². The van der Waals surface area contributed by atoms with E-state index in [1.54, 1.807) is 26.6 Å². The number of benzene rings is 2. The molecule has 3 aromatic rings. The summed E-state index contributed by atoms with van der Waals surface area (Å²) in [6.45, 7) is 2.86. The molecule has 1 aliphatic heterocycles. The Hall–Kier alpha value is -3.21. The summed E-state index contributed by atoms with van der Waals surface area (Å²) in [5, 5.41) is 0.981. The highest BCUT2D eigenvalue weighted by Crippen LogP contribution is 2.39. The van der Waals surface area contributed by atoms with E-state index in [9.17, 15) is 4.79 Å². The molecule has 2 aliphatic rings. The highest BCUT2D eigenvalue weighted by Gasteiger charge is 2.35. The molecular weight excluding hydrogens is 426 g/mol. The molecule has 2 atom stereocenters. The zero-order valence-electron chi connectivity index (χ0n) is 20.3. The molecule has 34 heavy (non-hydrogen) atoms. The number of piperidine rings is 1. The van der Waals surface area contributed by atoms with Crippen LogP contribution < -0.4 is 9.47 Å². The van der Waals surface area contributed by atoms with E-state index in [0.717, 1.165) is 58.4 Å². The molecule has 0 bridgehead atoms. The molecular formula is C29H33NO4. The highest BCUT2D eigenvalue weighted by atomic mass is 16.5. The minimum absolute atomic E-state index is 0.122. The van der Waals surface area contributed by atoms with Crippen LogP contribution in [0.1, 0.15) is 51.0 Å². The summed E-state index contributed by atoms with van der Waals surface area (Å²) in [4.78, 5) is 15.5. The first-order chi connectivity index (χ1) is 16.6. The molecule has 2 heterocycles. The molecule has 2 unspecified atom stereocenters. The number of carbonyl (C=O) groups excluding carboxylic acids is 1. The highest BCUT2D eigenvalue weighted by molar-refractivity contribution is 6.00. The van der Waals surface area contributed by atoms with Crippen molar-refractivity contribution in [3.63, 3.8) is 0 Å². The van der Waals surface area contributed by atoms with Crippen molar-refractivity contribution in [2.45, 2.75) is 51.5 Å². The molecule has 5 nitrogen and oxygen atoms in total. The normalized spacial score (nSPS) is 20.8. The van der Waals surface area contributed by atoms with Gasteiger partial charge in [-0.15, -0.1) is 0 Å². The number of hydrogen-bond donors (Lipinski definition) is 0. The summed E-state index contributed by atoms with van der Waals surface area (Å²) in [6, 6.07) is 12.3.